The largest absolute Gasteiger partial charge is 0.353 e. The third kappa shape index (κ3) is 4.06. The van der Waals surface area contributed by atoms with Crippen LogP contribution in [0.15, 0.2) is 18.3 Å². The fourth-order valence-corrected chi connectivity index (χ4v) is 4.65. The first-order valence-electron chi connectivity index (χ1n) is 7.55. The highest BCUT2D eigenvalue weighted by atomic mass is 35.5. The summed E-state index contributed by atoms with van der Waals surface area (Å²) in [5.74, 6) is 1.05. The molecule has 2 fully saturated rings. The summed E-state index contributed by atoms with van der Waals surface area (Å²) in [5.41, 5.74) is 0. The van der Waals surface area contributed by atoms with Crippen molar-refractivity contribution in [3.63, 3.8) is 0 Å². The van der Waals surface area contributed by atoms with Gasteiger partial charge in [0.05, 0.1) is 16.5 Å². The summed E-state index contributed by atoms with van der Waals surface area (Å²) < 4.78 is 22.9. The van der Waals surface area contributed by atoms with Crippen LogP contribution in [-0.2, 0) is 9.84 Å². The van der Waals surface area contributed by atoms with Crippen molar-refractivity contribution >= 4 is 33.3 Å². The van der Waals surface area contributed by atoms with E-state index < -0.39 is 9.84 Å². The van der Waals surface area contributed by atoms with Gasteiger partial charge in [0.2, 0.25) is 0 Å². The van der Waals surface area contributed by atoms with Crippen LogP contribution < -0.4 is 10.2 Å². The van der Waals surface area contributed by atoms with E-state index in [2.05, 4.69) is 15.2 Å². The molecule has 3 rings (SSSR count). The zero-order valence-corrected chi connectivity index (χ0v) is 14.2. The summed E-state index contributed by atoms with van der Waals surface area (Å²) in [4.78, 5) is 20.3. The minimum atomic E-state index is -2.98. The number of rotatable bonds is 2. The van der Waals surface area contributed by atoms with E-state index in [1.165, 1.54) is 0 Å². The van der Waals surface area contributed by atoms with Crippen molar-refractivity contribution in [3.8, 4) is 0 Å². The summed E-state index contributed by atoms with van der Waals surface area (Å²) >= 11 is 5.83. The lowest BCUT2D eigenvalue weighted by molar-refractivity contribution is 0.191. The maximum absolute atomic E-state index is 12.2. The smallest absolute Gasteiger partial charge is 0.317 e. The van der Waals surface area contributed by atoms with E-state index in [1.54, 1.807) is 17.2 Å². The lowest BCUT2D eigenvalue weighted by atomic mass is 10.2. The summed E-state index contributed by atoms with van der Waals surface area (Å²) in [7, 11) is -2.98. The number of anilines is 1. The van der Waals surface area contributed by atoms with Gasteiger partial charge in [-0.05, 0) is 18.6 Å². The van der Waals surface area contributed by atoms with Crippen LogP contribution in [0.25, 0.3) is 0 Å². The molecule has 1 aromatic heterocycles. The first-order valence-corrected chi connectivity index (χ1v) is 9.75. The highest BCUT2D eigenvalue weighted by Gasteiger charge is 2.31. The highest BCUT2D eigenvalue weighted by molar-refractivity contribution is 7.91. The molecule has 23 heavy (non-hydrogen) atoms. The number of hydrogen-bond donors (Lipinski definition) is 1. The van der Waals surface area contributed by atoms with Crippen LogP contribution in [0.2, 0.25) is 5.02 Å². The van der Waals surface area contributed by atoms with Crippen LogP contribution in [0, 0.1) is 0 Å². The van der Waals surface area contributed by atoms with Gasteiger partial charge >= 0.3 is 6.03 Å². The molecule has 2 aliphatic rings. The lowest BCUT2D eigenvalue weighted by Crippen LogP contribution is -2.53. The number of sulfone groups is 1. The number of halogens is 1. The molecule has 9 heteroatoms. The molecule has 1 atom stereocenters. The van der Waals surface area contributed by atoms with Gasteiger partial charge < -0.3 is 15.1 Å². The number of amides is 2. The van der Waals surface area contributed by atoms with Gasteiger partial charge in [0.25, 0.3) is 0 Å². The van der Waals surface area contributed by atoms with Gasteiger partial charge in [0.15, 0.2) is 9.84 Å². The monoisotopic (exact) mass is 358 g/mol. The molecule has 1 N–H and O–H groups in total. The number of nitrogens with zero attached hydrogens (tertiary/aromatic N) is 3. The van der Waals surface area contributed by atoms with Gasteiger partial charge in [0.1, 0.15) is 5.82 Å². The Morgan fingerprint density at radius 3 is 2.57 bits per heavy atom. The van der Waals surface area contributed by atoms with E-state index in [0.717, 1.165) is 5.82 Å². The van der Waals surface area contributed by atoms with Crippen LogP contribution in [0.5, 0.6) is 0 Å². The molecule has 2 aliphatic heterocycles. The minimum absolute atomic E-state index is 0.0490. The SMILES string of the molecule is O=C(NC1CCS(=O)(=O)C1)N1CCN(c2ccc(Cl)cn2)CC1. The Bertz CT molecular complexity index is 672. The minimum Gasteiger partial charge on any atom is -0.353 e. The van der Waals surface area contributed by atoms with Crippen molar-refractivity contribution in [2.24, 2.45) is 0 Å². The van der Waals surface area contributed by atoms with Crippen LogP contribution in [0.1, 0.15) is 6.42 Å². The van der Waals surface area contributed by atoms with Crippen molar-refractivity contribution in [2.45, 2.75) is 12.5 Å². The molecular formula is C14H19ClN4O3S. The Morgan fingerprint density at radius 2 is 2.00 bits per heavy atom. The molecule has 0 radical (unpaired) electrons. The van der Waals surface area contributed by atoms with Gasteiger partial charge in [0, 0.05) is 38.4 Å². The van der Waals surface area contributed by atoms with E-state index in [4.69, 9.17) is 11.6 Å². The molecule has 2 amide bonds. The first kappa shape index (κ1) is 16.3. The Hall–Kier alpha value is -1.54. The number of carbonyl (C=O) groups excluding carboxylic acids is 1. The summed E-state index contributed by atoms with van der Waals surface area (Å²) in [6, 6.07) is 3.21. The third-order valence-electron chi connectivity index (χ3n) is 4.16. The van der Waals surface area contributed by atoms with Crippen LogP contribution >= 0.6 is 11.6 Å². The van der Waals surface area contributed by atoms with Crippen molar-refractivity contribution in [2.75, 3.05) is 42.6 Å². The number of urea groups is 1. The van der Waals surface area contributed by atoms with Gasteiger partial charge in [-0.2, -0.15) is 0 Å². The topological polar surface area (TPSA) is 82.6 Å². The van der Waals surface area contributed by atoms with Gasteiger partial charge in [-0.25, -0.2) is 18.2 Å². The van der Waals surface area contributed by atoms with Crippen molar-refractivity contribution in [3.05, 3.63) is 23.4 Å². The lowest BCUT2D eigenvalue weighted by Gasteiger charge is -2.35. The number of pyridine rings is 1. The van der Waals surface area contributed by atoms with Crippen molar-refractivity contribution in [1.29, 1.82) is 0 Å². The zero-order chi connectivity index (χ0) is 16.4. The molecule has 0 aliphatic carbocycles. The van der Waals surface area contributed by atoms with E-state index in [1.807, 2.05) is 6.07 Å². The molecule has 0 spiro atoms. The van der Waals surface area contributed by atoms with Gasteiger partial charge in [-0.1, -0.05) is 11.6 Å². The highest BCUT2D eigenvalue weighted by Crippen LogP contribution is 2.17. The Labute approximate surface area is 140 Å². The Morgan fingerprint density at radius 1 is 1.26 bits per heavy atom. The van der Waals surface area contributed by atoms with E-state index in [9.17, 15) is 13.2 Å². The summed E-state index contributed by atoms with van der Waals surface area (Å²) in [6.07, 6.45) is 2.11. The average Bonchev–Trinajstić information content (AvgIpc) is 2.87. The van der Waals surface area contributed by atoms with Gasteiger partial charge in [-0.3, -0.25) is 0 Å². The molecule has 0 bridgehead atoms. The predicted molar refractivity (Wildman–Crippen MR) is 88.6 cm³/mol. The van der Waals surface area contributed by atoms with Crippen LogP contribution in [-0.4, -0.2) is 68.1 Å². The standard InChI is InChI=1S/C14H19ClN4O3S/c15-11-1-2-13(16-9-11)18-4-6-19(7-5-18)14(20)17-12-3-8-23(21,22)10-12/h1-2,9,12H,3-8,10H2,(H,17,20). The van der Waals surface area contributed by atoms with E-state index in [0.29, 0.717) is 37.6 Å². The van der Waals surface area contributed by atoms with Gasteiger partial charge in [-0.15, -0.1) is 0 Å². The summed E-state index contributed by atoms with van der Waals surface area (Å²) in [6.45, 7) is 2.53. The Kier molecular flexibility index (Phi) is 4.63. The molecule has 7 nitrogen and oxygen atoms in total. The third-order valence-corrected chi connectivity index (χ3v) is 6.15. The first-order chi connectivity index (χ1) is 10.9. The predicted octanol–water partition coefficient (Wildman–Crippen LogP) is 0.754. The maximum Gasteiger partial charge on any atom is 0.317 e. The van der Waals surface area contributed by atoms with Crippen LogP contribution in [0.3, 0.4) is 0 Å². The molecule has 1 unspecified atom stereocenters. The normalized spacial score (nSPS) is 23.8. The quantitative estimate of drug-likeness (QED) is 0.843. The van der Waals surface area contributed by atoms with E-state index >= 15 is 0 Å². The number of carbonyl (C=O) groups is 1. The molecule has 126 valence electrons. The fourth-order valence-electron chi connectivity index (χ4n) is 2.87. The zero-order valence-electron chi connectivity index (χ0n) is 12.6. The molecular weight excluding hydrogens is 340 g/mol. The van der Waals surface area contributed by atoms with Crippen LogP contribution in [0.4, 0.5) is 10.6 Å². The number of nitrogens with one attached hydrogen (secondary N) is 1. The molecule has 3 heterocycles. The fraction of sp³-hybridized carbons (Fsp3) is 0.571. The average molecular weight is 359 g/mol. The second kappa shape index (κ2) is 6.52. The molecule has 0 aromatic carbocycles. The molecule has 0 saturated carbocycles. The second-order valence-corrected chi connectivity index (χ2v) is 8.52. The van der Waals surface area contributed by atoms with E-state index in [-0.39, 0.29) is 23.6 Å². The second-order valence-electron chi connectivity index (χ2n) is 5.86. The number of hydrogen-bond acceptors (Lipinski definition) is 5. The number of aromatic nitrogens is 1. The molecule has 2 saturated heterocycles. The Balaban J connectivity index is 1.50. The summed E-state index contributed by atoms with van der Waals surface area (Å²) in [5, 5.41) is 3.42. The number of piperazine rings is 1. The van der Waals surface area contributed by atoms with Crippen molar-refractivity contribution in [1.82, 2.24) is 15.2 Å². The van der Waals surface area contributed by atoms with Crippen molar-refractivity contribution < 1.29 is 13.2 Å². The maximum atomic E-state index is 12.2. The molecule has 1 aromatic rings.